The number of alkyl halides is 1. The number of hydrogen-bond donors (Lipinski definition) is 1. The molecule has 1 aromatic carbocycles. The van der Waals surface area contributed by atoms with E-state index in [-0.39, 0.29) is 25.2 Å². The summed E-state index contributed by atoms with van der Waals surface area (Å²) in [5.74, 6) is 1.36. The molecule has 0 unspecified atom stereocenters. The van der Waals surface area contributed by atoms with Crippen molar-refractivity contribution >= 4 is 28.3 Å². The average Bonchev–Trinajstić information content (AvgIpc) is 2.63. The maximum atomic E-state index is 12.2. The van der Waals surface area contributed by atoms with Crippen LogP contribution in [0.5, 0.6) is 11.5 Å². The zero-order chi connectivity index (χ0) is 10.8. The van der Waals surface area contributed by atoms with Crippen LogP contribution >= 0.6 is 28.3 Å². The highest BCUT2D eigenvalue weighted by Crippen LogP contribution is 2.39. The Morgan fingerprint density at radius 1 is 1.38 bits per heavy atom. The fourth-order valence-corrected chi connectivity index (χ4v) is 2.11. The SMILES string of the molecule is Cl.N[C@H](CCF)c1cc2c(cc1Br)OCO2. The molecule has 2 rings (SSSR count). The fourth-order valence-electron chi connectivity index (χ4n) is 1.49. The van der Waals surface area contributed by atoms with Crippen molar-refractivity contribution in [3.8, 4) is 11.5 Å². The van der Waals surface area contributed by atoms with Crippen LogP contribution < -0.4 is 15.2 Å². The third-order valence-corrected chi connectivity index (χ3v) is 3.00. The first-order valence-corrected chi connectivity index (χ1v) is 5.42. The van der Waals surface area contributed by atoms with Gasteiger partial charge in [-0.25, -0.2) is 0 Å². The van der Waals surface area contributed by atoms with Crippen LogP contribution in [0.4, 0.5) is 4.39 Å². The van der Waals surface area contributed by atoms with Crippen molar-refractivity contribution in [2.24, 2.45) is 5.73 Å². The van der Waals surface area contributed by atoms with Gasteiger partial charge in [-0.1, -0.05) is 15.9 Å². The molecule has 1 atom stereocenters. The molecule has 6 heteroatoms. The first-order chi connectivity index (χ1) is 7.22. The summed E-state index contributed by atoms with van der Waals surface area (Å²) >= 11 is 3.38. The van der Waals surface area contributed by atoms with Gasteiger partial charge < -0.3 is 15.2 Å². The lowest BCUT2D eigenvalue weighted by atomic mass is 10.0. The van der Waals surface area contributed by atoms with Crippen molar-refractivity contribution in [1.82, 2.24) is 0 Å². The Balaban J connectivity index is 0.00000128. The molecular formula is C10H12BrClFNO2. The topological polar surface area (TPSA) is 44.5 Å². The number of halogens is 3. The number of nitrogens with two attached hydrogens (primary N) is 1. The summed E-state index contributed by atoms with van der Waals surface area (Å²) in [4.78, 5) is 0. The van der Waals surface area contributed by atoms with Gasteiger partial charge in [-0.3, -0.25) is 4.39 Å². The highest BCUT2D eigenvalue weighted by Gasteiger charge is 2.19. The highest BCUT2D eigenvalue weighted by atomic mass is 79.9. The summed E-state index contributed by atoms with van der Waals surface area (Å²) < 4.78 is 23.4. The molecule has 0 radical (unpaired) electrons. The molecule has 0 spiro atoms. The first kappa shape index (κ1) is 13.5. The van der Waals surface area contributed by atoms with E-state index in [9.17, 15) is 4.39 Å². The van der Waals surface area contributed by atoms with Gasteiger partial charge in [-0.15, -0.1) is 12.4 Å². The van der Waals surface area contributed by atoms with E-state index >= 15 is 0 Å². The zero-order valence-corrected chi connectivity index (χ0v) is 10.8. The summed E-state index contributed by atoms with van der Waals surface area (Å²) in [5, 5.41) is 0. The van der Waals surface area contributed by atoms with Crippen LogP contribution in [-0.4, -0.2) is 13.5 Å². The smallest absolute Gasteiger partial charge is 0.231 e. The third-order valence-electron chi connectivity index (χ3n) is 2.31. The van der Waals surface area contributed by atoms with Crippen LogP contribution in [0.25, 0.3) is 0 Å². The Kier molecular flexibility index (Phi) is 4.83. The minimum atomic E-state index is -0.429. The molecule has 0 amide bonds. The normalized spacial score (nSPS) is 14.4. The molecule has 0 fully saturated rings. The molecule has 0 saturated heterocycles. The van der Waals surface area contributed by atoms with Crippen molar-refractivity contribution in [3.05, 3.63) is 22.2 Å². The van der Waals surface area contributed by atoms with Crippen LogP contribution in [0.2, 0.25) is 0 Å². The van der Waals surface area contributed by atoms with Gasteiger partial charge in [0.05, 0.1) is 6.67 Å². The summed E-state index contributed by atoms with van der Waals surface area (Å²) in [7, 11) is 0. The minimum Gasteiger partial charge on any atom is -0.454 e. The molecule has 0 saturated carbocycles. The van der Waals surface area contributed by atoms with Gasteiger partial charge in [-0.2, -0.15) is 0 Å². The van der Waals surface area contributed by atoms with Crippen LogP contribution in [0.3, 0.4) is 0 Å². The van der Waals surface area contributed by atoms with E-state index in [4.69, 9.17) is 15.2 Å². The Morgan fingerprint density at radius 3 is 2.62 bits per heavy atom. The predicted molar refractivity (Wildman–Crippen MR) is 65.0 cm³/mol. The molecule has 2 N–H and O–H groups in total. The van der Waals surface area contributed by atoms with Crippen LogP contribution in [0, 0.1) is 0 Å². The number of benzene rings is 1. The Bertz CT molecular complexity index is 378. The second kappa shape index (κ2) is 5.70. The number of fused-ring (bicyclic) bond motifs is 1. The lowest BCUT2D eigenvalue weighted by molar-refractivity contribution is 0.174. The van der Waals surface area contributed by atoms with E-state index < -0.39 is 6.67 Å². The molecule has 90 valence electrons. The van der Waals surface area contributed by atoms with Crippen molar-refractivity contribution in [3.63, 3.8) is 0 Å². The van der Waals surface area contributed by atoms with Crippen molar-refractivity contribution in [2.45, 2.75) is 12.5 Å². The number of ether oxygens (including phenoxy) is 2. The fraction of sp³-hybridized carbons (Fsp3) is 0.400. The van der Waals surface area contributed by atoms with Crippen LogP contribution in [-0.2, 0) is 0 Å². The molecule has 1 aromatic rings. The van der Waals surface area contributed by atoms with E-state index in [1.807, 2.05) is 0 Å². The quantitative estimate of drug-likeness (QED) is 0.933. The van der Waals surface area contributed by atoms with Crippen molar-refractivity contribution in [1.29, 1.82) is 0 Å². The van der Waals surface area contributed by atoms with E-state index in [1.165, 1.54) is 0 Å². The van der Waals surface area contributed by atoms with Crippen molar-refractivity contribution < 1.29 is 13.9 Å². The predicted octanol–water partition coefficient (Wildman–Crippen LogP) is 2.96. The van der Waals surface area contributed by atoms with Crippen LogP contribution in [0.15, 0.2) is 16.6 Å². The van der Waals surface area contributed by atoms with Gasteiger partial charge in [-0.05, 0) is 24.1 Å². The second-order valence-electron chi connectivity index (χ2n) is 3.31. The molecular weight excluding hydrogens is 300 g/mol. The van der Waals surface area contributed by atoms with E-state index in [0.29, 0.717) is 17.9 Å². The standard InChI is InChI=1S/C10H11BrFNO2.ClH/c11-7-4-10-9(14-5-15-10)3-6(7)8(13)1-2-12;/h3-4,8H,1-2,5,13H2;1H/t8-;/m1./s1. The molecule has 0 aliphatic carbocycles. The van der Waals surface area contributed by atoms with Gasteiger partial charge in [0, 0.05) is 10.5 Å². The summed E-state index contributed by atoms with van der Waals surface area (Å²) in [5.41, 5.74) is 6.68. The monoisotopic (exact) mass is 311 g/mol. The Labute approximate surface area is 108 Å². The molecule has 0 aromatic heterocycles. The Hall–Kier alpha value is -0.520. The lowest BCUT2D eigenvalue weighted by Gasteiger charge is -2.12. The highest BCUT2D eigenvalue weighted by molar-refractivity contribution is 9.10. The molecule has 1 aliphatic rings. The van der Waals surface area contributed by atoms with E-state index in [0.717, 1.165) is 10.0 Å². The number of hydrogen-bond acceptors (Lipinski definition) is 3. The minimum absolute atomic E-state index is 0. The largest absolute Gasteiger partial charge is 0.454 e. The second-order valence-corrected chi connectivity index (χ2v) is 4.17. The van der Waals surface area contributed by atoms with Gasteiger partial charge in [0.25, 0.3) is 0 Å². The first-order valence-electron chi connectivity index (χ1n) is 4.63. The lowest BCUT2D eigenvalue weighted by Crippen LogP contribution is -2.11. The van der Waals surface area contributed by atoms with Gasteiger partial charge in [0.2, 0.25) is 6.79 Å². The molecule has 1 aliphatic heterocycles. The summed E-state index contributed by atoms with van der Waals surface area (Å²) in [6.07, 6.45) is 0.304. The van der Waals surface area contributed by atoms with Gasteiger partial charge in [0.1, 0.15) is 0 Å². The molecule has 0 bridgehead atoms. The van der Waals surface area contributed by atoms with Crippen molar-refractivity contribution in [2.75, 3.05) is 13.5 Å². The number of rotatable bonds is 3. The molecule has 3 nitrogen and oxygen atoms in total. The molecule has 16 heavy (non-hydrogen) atoms. The Morgan fingerprint density at radius 2 is 2.00 bits per heavy atom. The van der Waals surface area contributed by atoms with Gasteiger partial charge >= 0.3 is 0 Å². The van der Waals surface area contributed by atoms with E-state index in [1.54, 1.807) is 12.1 Å². The third kappa shape index (κ3) is 2.59. The van der Waals surface area contributed by atoms with E-state index in [2.05, 4.69) is 15.9 Å². The van der Waals surface area contributed by atoms with Crippen LogP contribution in [0.1, 0.15) is 18.0 Å². The van der Waals surface area contributed by atoms with Gasteiger partial charge in [0.15, 0.2) is 11.5 Å². The maximum Gasteiger partial charge on any atom is 0.231 e. The molecule has 1 heterocycles. The zero-order valence-electron chi connectivity index (χ0n) is 8.41. The average molecular weight is 313 g/mol. The maximum absolute atomic E-state index is 12.2. The summed E-state index contributed by atoms with van der Waals surface area (Å²) in [6, 6.07) is 3.28. The summed E-state index contributed by atoms with van der Waals surface area (Å²) in [6.45, 7) is -0.203.